The maximum absolute atomic E-state index is 9.26. The largest absolute Gasteiger partial charge is 0.393 e. The number of allylic oxidation sites excluding steroid dienone is 1. The van der Waals surface area contributed by atoms with E-state index in [1.54, 1.807) is 0 Å². The molecule has 1 aliphatic carbocycles. The van der Waals surface area contributed by atoms with E-state index in [2.05, 4.69) is 15.3 Å². The summed E-state index contributed by atoms with van der Waals surface area (Å²) in [5.41, 5.74) is 1.44. The van der Waals surface area contributed by atoms with Crippen LogP contribution in [0.2, 0.25) is 0 Å². The first-order valence-electron chi connectivity index (χ1n) is 3.89. The van der Waals surface area contributed by atoms with Crippen molar-refractivity contribution in [3.63, 3.8) is 0 Å². The molecule has 0 aromatic heterocycles. The van der Waals surface area contributed by atoms with E-state index in [0.717, 1.165) is 25.4 Å². The molecule has 0 amide bonds. The Hall–Kier alpha value is 0.130. The Morgan fingerprint density at radius 1 is 1.70 bits per heavy atom. The van der Waals surface area contributed by atoms with Crippen molar-refractivity contribution in [2.75, 3.05) is 6.16 Å². The maximum atomic E-state index is 9.26. The van der Waals surface area contributed by atoms with Crippen LogP contribution in [0.4, 0.5) is 0 Å². The molecule has 0 saturated heterocycles. The molecule has 0 aliphatic heterocycles. The van der Waals surface area contributed by atoms with Gasteiger partial charge in [-0.05, 0) is 31.8 Å². The molecule has 0 aromatic carbocycles. The van der Waals surface area contributed by atoms with Crippen molar-refractivity contribution < 1.29 is 5.11 Å². The molecule has 1 nitrogen and oxygen atoms in total. The zero-order valence-corrected chi connectivity index (χ0v) is 7.37. The second-order valence-corrected chi connectivity index (χ2v) is 3.32. The Kier molecular flexibility index (Phi) is 3.37. The van der Waals surface area contributed by atoms with Gasteiger partial charge in [-0.2, -0.15) is 0 Å². The highest BCUT2D eigenvalue weighted by Crippen LogP contribution is 2.23. The number of hydrogen-bond acceptors (Lipinski definition) is 1. The lowest BCUT2D eigenvalue weighted by atomic mass is 9.93. The van der Waals surface area contributed by atoms with E-state index >= 15 is 0 Å². The van der Waals surface area contributed by atoms with Gasteiger partial charge in [0.15, 0.2) is 0 Å². The molecule has 0 aromatic rings. The first-order valence-corrected chi connectivity index (χ1v) is 4.70. The van der Waals surface area contributed by atoms with Crippen LogP contribution in [-0.2, 0) is 0 Å². The van der Waals surface area contributed by atoms with Crippen molar-refractivity contribution in [3.8, 4) is 0 Å². The summed E-state index contributed by atoms with van der Waals surface area (Å²) in [4.78, 5) is 0. The lowest BCUT2D eigenvalue weighted by molar-refractivity contribution is 0.149. The van der Waals surface area contributed by atoms with E-state index in [9.17, 15) is 5.11 Å². The maximum Gasteiger partial charge on any atom is 0.0577 e. The molecule has 58 valence electrons. The van der Waals surface area contributed by atoms with E-state index in [4.69, 9.17) is 0 Å². The normalized spacial score (nSPS) is 31.0. The van der Waals surface area contributed by atoms with Gasteiger partial charge >= 0.3 is 0 Å². The van der Waals surface area contributed by atoms with Crippen LogP contribution in [-0.4, -0.2) is 17.4 Å². The predicted molar refractivity (Wildman–Crippen MR) is 47.1 cm³/mol. The lowest BCUT2D eigenvalue weighted by Gasteiger charge is -2.19. The van der Waals surface area contributed by atoms with Crippen LogP contribution in [0.3, 0.4) is 0 Å². The average molecular weight is 158 g/mol. The van der Waals surface area contributed by atoms with Gasteiger partial charge in [-0.15, -0.1) is 9.24 Å². The third kappa shape index (κ3) is 2.40. The molecule has 2 atom stereocenters. The van der Waals surface area contributed by atoms with E-state index in [0.29, 0.717) is 0 Å². The zero-order chi connectivity index (χ0) is 7.40. The molecule has 1 N–H and O–H groups in total. The number of aliphatic hydroxyl groups is 1. The minimum absolute atomic E-state index is 0.0588. The summed E-state index contributed by atoms with van der Waals surface area (Å²) in [6, 6.07) is 0. The summed E-state index contributed by atoms with van der Waals surface area (Å²) in [5, 5.41) is 9.26. The van der Waals surface area contributed by atoms with Crippen LogP contribution in [0.25, 0.3) is 0 Å². The van der Waals surface area contributed by atoms with Gasteiger partial charge in [0.25, 0.3) is 0 Å². The van der Waals surface area contributed by atoms with Gasteiger partial charge in [-0.3, -0.25) is 0 Å². The number of rotatable bonds is 1. The van der Waals surface area contributed by atoms with Crippen molar-refractivity contribution in [3.05, 3.63) is 11.6 Å². The van der Waals surface area contributed by atoms with E-state index in [1.807, 2.05) is 0 Å². The third-order valence-corrected chi connectivity index (χ3v) is 2.18. The molecule has 1 fully saturated rings. The quantitative estimate of drug-likeness (QED) is 0.455. The smallest absolute Gasteiger partial charge is 0.0577 e. The molecule has 1 aliphatic rings. The molecule has 0 heterocycles. The van der Waals surface area contributed by atoms with Gasteiger partial charge in [0.2, 0.25) is 0 Å². The summed E-state index contributed by atoms with van der Waals surface area (Å²) >= 11 is 0. The van der Waals surface area contributed by atoms with Crippen molar-refractivity contribution in [2.45, 2.75) is 31.8 Å². The van der Waals surface area contributed by atoms with Crippen LogP contribution in [0, 0.1) is 0 Å². The monoisotopic (exact) mass is 158 g/mol. The first-order chi connectivity index (χ1) is 4.83. The Balaban J connectivity index is 2.39. The van der Waals surface area contributed by atoms with Gasteiger partial charge in [-0.25, -0.2) is 0 Å². The van der Waals surface area contributed by atoms with Gasteiger partial charge < -0.3 is 5.11 Å². The fourth-order valence-corrected chi connectivity index (χ4v) is 1.76. The molecule has 0 bridgehead atoms. The van der Waals surface area contributed by atoms with E-state index in [1.165, 1.54) is 12.0 Å². The lowest BCUT2D eigenvalue weighted by Crippen LogP contribution is -2.12. The molecule has 2 unspecified atom stereocenters. The van der Waals surface area contributed by atoms with Gasteiger partial charge in [-0.1, -0.05) is 11.6 Å². The third-order valence-electron chi connectivity index (χ3n) is 1.94. The Morgan fingerprint density at radius 2 is 2.50 bits per heavy atom. The molecular weight excluding hydrogens is 143 g/mol. The van der Waals surface area contributed by atoms with Crippen molar-refractivity contribution in [1.29, 1.82) is 0 Å². The highest BCUT2D eigenvalue weighted by atomic mass is 31.0. The van der Waals surface area contributed by atoms with Crippen LogP contribution < -0.4 is 0 Å². The number of hydrogen-bond donors (Lipinski definition) is 1. The Labute approximate surface area is 64.7 Å². The molecule has 1 saturated carbocycles. The minimum atomic E-state index is -0.0588. The topological polar surface area (TPSA) is 20.2 Å². The van der Waals surface area contributed by atoms with Crippen LogP contribution in [0.15, 0.2) is 11.6 Å². The van der Waals surface area contributed by atoms with Crippen molar-refractivity contribution in [1.82, 2.24) is 0 Å². The molecular formula is C8H15OP. The molecule has 0 spiro atoms. The number of aliphatic hydroxyl groups excluding tert-OH is 1. The van der Waals surface area contributed by atoms with Crippen LogP contribution in [0.1, 0.15) is 25.7 Å². The summed E-state index contributed by atoms with van der Waals surface area (Å²) < 4.78 is 0. The zero-order valence-electron chi connectivity index (χ0n) is 6.21. The van der Waals surface area contributed by atoms with E-state index < -0.39 is 0 Å². The van der Waals surface area contributed by atoms with Gasteiger partial charge in [0.1, 0.15) is 0 Å². The molecule has 0 radical (unpaired) electrons. The fraction of sp³-hybridized carbons (Fsp3) is 0.750. The summed E-state index contributed by atoms with van der Waals surface area (Å²) in [5.74, 6) is 0. The van der Waals surface area contributed by atoms with Crippen LogP contribution in [0.5, 0.6) is 0 Å². The van der Waals surface area contributed by atoms with Gasteiger partial charge in [0.05, 0.1) is 6.10 Å². The van der Waals surface area contributed by atoms with Crippen molar-refractivity contribution in [2.24, 2.45) is 0 Å². The average Bonchev–Trinajstić information content (AvgIpc) is 1.88. The second kappa shape index (κ2) is 4.10. The standard InChI is InChI=1S/C8H15OP/c9-8-3-1-2-7(6-8)4-5-10/h4,8-9H,1-3,5-6,10H2/b7-4-. The SMILES string of the molecule is OC1CCC/C(=C/CP)C1. The summed E-state index contributed by atoms with van der Waals surface area (Å²) in [6.45, 7) is 0. The molecule has 1 rings (SSSR count). The predicted octanol–water partition coefficient (Wildman–Crippen LogP) is 1.72. The van der Waals surface area contributed by atoms with Crippen LogP contribution >= 0.6 is 9.24 Å². The fourth-order valence-electron chi connectivity index (χ4n) is 1.42. The highest BCUT2D eigenvalue weighted by molar-refractivity contribution is 7.16. The minimum Gasteiger partial charge on any atom is -0.393 e. The van der Waals surface area contributed by atoms with Gasteiger partial charge in [0, 0.05) is 0 Å². The summed E-state index contributed by atoms with van der Waals surface area (Å²) in [7, 11) is 2.68. The summed E-state index contributed by atoms with van der Waals surface area (Å²) in [6.07, 6.45) is 7.46. The molecule has 10 heavy (non-hydrogen) atoms. The van der Waals surface area contributed by atoms with E-state index in [-0.39, 0.29) is 6.10 Å². The highest BCUT2D eigenvalue weighted by Gasteiger charge is 2.12. The second-order valence-electron chi connectivity index (χ2n) is 2.85. The molecule has 2 heteroatoms. The Bertz CT molecular complexity index is 131. The van der Waals surface area contributed by atoms with Crippen molar-refractivity contribution >= 4 is 9.24 Å². The Morgan fingerprint density at radius 3 is 3.10 bits per heavy atom. The first kappa shape index (κ1) is 8.23.